The van der Waals surface area contributed by atoms with Gasteiger partial charge in [0.25, 0.3) is 5.69 Å². The molecule has 0 spiro atoms. The minimum atomic E-state index is -5.01. The van der Waals surface area contributed by atoms with Crippen LogP contribution >= 0.6 is 0 Å². The van der Waals surface area contributed by atoms with Crippen molar-refractivity contribution in [3.63, 3.8) is 0 Å². The smallest absolute Gasteiger partial charge is 0.431 e. The summed E-state index contributed by atoms with van der Waals surface area (Å²) < 4.78 is 52.1. The van der Waals surface area contributed by atoms with Gasteiger partial charge in [-0.1, -0.05) is 12.1 Å². The molecule has 214 valence electrons. The van der Waals surface area contributed by atoms with Gasteiger partial charge in [-0.05, 0) is 32.0 Å². The van der Waals surface area contributed by atoms with E-state index in [1.54, 1.807) is 0 Å². The fourth-order valence-electron chi connectivity index (χ4n) is 4.70. The number of methoxy groups -OCH3 is 1. The summed E-state index contributed by atoms with van der Waals surface area (Å²) >= 11 is 0. The fraction of sp³-hybridized carbons (Fsp3) is 0.520. The molecule has 1 fully saturated rings. The molecule has 0 bridgehead atoms. The summed E-state index contributed by atoms with van der Waals surface area (Å²) in [6.45, 7) is 6.34. The Hall–Kier alpha value is -3.49. The number of dihydropyridines is 1. The molecule has 1 unspecified atom stereocenters. The maximum absolute atomic E-state index is 14.0. The average Bonchev–Trinajstić information content (AvgIpc) is 2.91. The molecule has 0 aliphatic carbocycles. The molecule has 2 heterocycles. The molecular formula is C25H32F3N5O6. The van der Waals surface area contributed by atoms with Gasteiger partial charge in [-0.3, -0.25) is 15.0 Å². The molecule has 1 aromatic rings. The molecule has 0 saturated carbocycles. The quantitative estimate of drug-likeness (QED) is 0.250. The van der Waals surface area contributed by atoms with Gasteiger partial charge in [0, 0.05) is 50.6 Å². The number of alkyl halides is 3. The number of piperazine rings is 1. The Morgan fingerprint density at radius 2 is 1.77 bits per heavy atom. The Balaban J connectivity index is 1.87. The SMILES string of the molecule is COC(=O)C1=C(C(F)(F)F)NC(C)=C(C(=O)OCCN2CCN(CCCN)CC2)C1c1cccc([N+](=O)[O-])c1. The van der Waals surface area contributed by atoms with Crippen molar-refractivity contribution in [2.75, 3.05) is 59.5 Å². The van der Waals surface area contributed by atoms with E-state index >= 15 is 0 Å². The van der Waals surface area contributed by atoms with Gasteiger partial charge in [0.05, 0.1) is 29.1 Å². The Labute approximate surface area is 223 Å². The number of carbonyl (C=O) groups excluding carboxylic acids is 2. The van der Waals surface area contributed by atoms with Gasteiger partial charge in [0.15, 0.2) is 0 Å². The minimum absolute atomic E-state index is 0.0382. The van der Waals surface area contributed by atoms with Gasteiger partial charge in [-0.25, -0.2) is 9.59 Å². The van der Waals surface area contributed by atoms with Crippen LogP contribution < -0.4 is 11.1 Å². The van der Waals surface area contributed by atoms with Crippen LogP contribution in [0.15, 0.2) is 46.8 Å². The number of nitrogens with two attached hydrogens (primary N) is 1. The number of allylic oxidation sites excluding steroid dienone is 2. The van der Waals surface area contributed by atoms with Gasteiger partial charge in [-0.2, -0.15) is 13.2 Å². The van der Waals surface area contributed by atoms with Crippen LogP contribution in [0.3, 0.4) is 0 Å². The van der Waals surface area contributed by atoms with Crippen LogP contribution in [0, 0.1) is 10.1 Å². The first-order valence-corrected chi connectivity index (χ1v) is 12.4. The van der Waals surface area contributed by atoms with Crippen molar-refractivity contribution < 1.29 is 37.2 Å². The van der Waals surface area contributed by atoms with Crippen molar-refractivity contribution in [1.82, 2.24) is 15.1 Å². The number of carbonyl (C=O) groups is 2. The molecule has 11 nitrogen and oxygen atoms in total. The highest BCUT2D eigenvalue weighted by Gasteiger charge is 2.47. The van der Waals surface area contributed by atoms with Crippen molar-refractivity contribution in [2.45, 2.75) is 25.4 Å². The van der Waals surface area contributed by atoms with Crippen molar-refractivity contribution in [3.8, 4) is 0 Å². The van der Waals surface area contributed by atoms with Crippen molar-refractivity contribution in [1.29, 1.82) is 0 Å². The summed E-state index contributed by atoms with van der Waals surface area (Å²) in [7, 11) is 0.910. The molecule has 3 N–H and O–H groups in total. The van der Waals surface area contributed by atoms with Crippen LogP contribution in [0.5, 0.6) is 0 Å². The van der Waals surface area contributed by atoms with E-state index in [-0.39, 0.29) is 23.4 Å². The molecular weight excluding hydrogens is 523 g/mol. The first-order valence-electron chi connectivity index (χ1n) is 12.4. The fourth-order valence-corrected chi connectivity index (χ4v) is 4.70. The molecule has 0 aromatic heterocycles. The zero-order valence-electron chi connectivity index (χ0n) is 21.8. The van der Waals surface area contributed by atoms with Gasteiger partial charge < -0.3 is 25.4 Å². The molecule has 0 radical (unpaired) electrons. The maximum atomic E-state index is 14.0. The van der Waals surface area contributed by atoms with Crippen molar-refractivity contribution >= 4 is 17.6 Å². The van der Waals surface area contributed by atoms with E-state index in [1.807, 2.05) is 0 Å². The van der Waals surface area contributed by atoms with Crippen LogP contribution in [0.4, 0.5) is 18.9 Å². The number of benzene rings is 1. The molecule has 39 heavy (non-hydrogen) atoms. The van der Waals surface area contributed by atoms with Crippen LogP contribution in [0.1, 0.15) is 24.8 Å². The highest BCUT2D eigenvalue weighted by molar-refractivity contribution is 6.00. The van der Waals surface area contributed by atoms with Crippen LogP contribution in [0.2, 0.25) is 0 Å². The van der Waals surface area contributed by atoms with E-state index in [0.717, 1.165) is 58.4 Å². The molecule has 0 amide bonds. The molecule has 2 aliphatic rings. The van der Waals surface area contributed by atoms with Gasteiger partial charge in [0.2, 0.25) is 0 Å². The zero-order valence-corrected chi connectivity index (χ0v) is 21.8. The summed E-state index contributed by atoms with van der Waals surface area (Å²) in [4.78, 5) is 41.0. The lowest BCUT2D eigenvalue weighted by Crippen LogP contribution is -2.47. The van der Waals surface area contributed by atoms with Crippen LogP contribution in [-0.4, -0.2) is 92.4 Å². The van der Waals surface area contributed by atoms with E-state index in [0.29, 0.717) is 13.1 Å². The number of halogens is 3. The average molecular weight is 556 g/mol. The monoisotopic (exact) mass is 555 g/mol. The number of hydrogen-bond donors (Lipinski definition) is 2. The van der Waals surface area contributed by atoms with Gasteiger partial charge >= 0.3 is 18.1 Å². The minimum Gasteiger partial charge on any atom is -0.466 e. The maximum Gasteiger partial charge on any atom is 0.431 e. The third-order valence-electron chi connectivity index (χ3n) is 6.67. The number of nitrogens with zero attached hydrogens (tertiary/aromatic N) is 3. The van der Waals surface area contributed by atoms with Crippen molar-refractivity contribution in [3.05, 3.63) is 62.5 Å². The molecule has 14 heteroatoms. The van der Waals surface area contributed by atoms with E-state index < -0.39 is 45.9 Å². The number of hydrogen-bond acceptors (Lipinski definition) is 10. The van der Waals surface area contributed by atoms with E-state index in [4.69, 9.17) is 10.5 Å². The molecule has 1 aromatic carbocycles. The number of ether oxygens (including phenoxy) is 2. The first kappa shape index (κ1) is 30.1. The number of non-ortho nitro benzene ring substituents is 1. The Bertz CT molecular complexity index is 1150. The first-order chi connectivity index (χ1) is 18.5. The Kier molecular flexibility index (Phi) is 10.1. The normalized spacial score (nSPS) is 19.1. The Morgan fingerprint density at radius 1 is 1.13 bits per heavy atom. The van der Waals surface area contributed by atoms with E-state index in [1.165, 1.54) is 19.1 Å². The van der Waals surface area contributed by atoms with Crippen LogP contribution in [-0.2, 0) is 19.1 Å². The third kappa shape index (κ3) is 7.34. The summed E-state index contributed by atoms with van der Waals surface area (Å²) in [5, 5.41) is 13.5. The molecule has 3 rings (SSSR count). The predicted octanol–water partition coefficient (Wildman–Crippen LogP) is 2.05. The van der Waals surface area contributed by atoms with Gasteiger partial charge in [0.1, 0.15) is 12.3 Å². The molecule has 1 atom stereocenters. The number of rotatable bonds is 10. The summed E-state index contributed by atoms with van der Waals surface area (Å²) in [6.07, 6.45) is -4.10. The molecule has 1 saturated heterocycles. The zero-order chi connectivity index (χ0) is 28.7. The lowest BCUT2D eigenvalue weighted by atomic mass is 9.80. The number of nitro groups is 1. The topological polar surface area (TPSA) is 140 Å². The summed E-state index contributed by atoms with van der Waals surface area (Å²) in [6, 6.07) is 4.76. The predicted molar refractivity (Wildman–Crippen MR) is 134 cm³/mol. The third-order valence-corrected chi connectivity index (χ3v) is 6.67. The summed E-state index contributed by atoms with van der Waals surface area (Å²) in [5.74, 6) is -3.90. The number of esters is 2. The van der Waals surface area contributed by atoms with Crippen LogP contribution in [0.25, 0.3) is 0 Å². The second-order valence-electron chi connectivity index (χ2n) is 9.19. The second-order valence-corrected chi connectivity index (χ2v) is 9.19. The highest BCUT2D eigenvalue weighted by Crippen LogP contribution is 2.43. The highest BCUT2D eigenvalue weighted by atomic mass is 19.4. The number of nitro benzene ring substituents is 1. The lowest BCUT2D eigenvalue weighted by molar-refractivity contribution is -0.384. The van der Waals surface area contributed by atoms with Crippen molar-refractivity contribution in [2.24, 2.45) is 5.73 Å². The second kappa shape index (κ2) is 13.0. The summed E-state index contributed by atoms with van der Waals surface area (Å²) in [5.41, 5.74) is 2.32. The van der Waals surface area contributed by atoms with E-state index in [9.17, 15) is 32.9 Å². The Morgan fingerprint density at radius 3 is 2.33 bits per heavy atom. The standard InChI is InChI=1S/C25H32F3N5O6/c1-16-19(24(35)39-14-13-32-11-9-31(10-12-32)8-4-7-29)20(17-5-3-6-18(15-17)33(36)37)21(23(34)38-2)22(30-16)25(26,27)28/h3,5-6,15,20,30H,4,7-14,29H2,1-2H3. The molecule has 2 aliphatic heterocycles. The van der Waals surface area contributed by atoms with E-state index in [2.05, 4.69) is 19.9 Å². The lowest BCUT2D eigenvalue weighted by Gasteiger charge is -2.34. The van der Waals surface area contributed by atoms with Gasteiger partial charge in [-0.15, -0.1) is 0 Å². The largest absolute Gasteiger partial charge is 0.466 e. The number of nitrogens with one attached hydrogen (secondary N) is 1.